The maximum absolute atomic E-state index is 6.06. The first-order valence-corrected chi connectivity index (χ1v) is 5.95. The minimum Gasteiger partial charge on any atom is -0.379 e. The van der Waals surface area contributed by atoms with Gasteiger partial charge in [-0.05, 0) is 43.2 Å². The van der Waals surface area contributed by atoms with Gasteiger partial charge in [0, 0.05) is 16.9 Å². The number of anilines is 1. The molecule has 1 N–H and O–H groups in total. The van der Waals surface area contributed by atoms with Crippen LogP contribution in [0.25, 0.3) is 0 Å². The van der Waals surface area contributed by atoms with Gasteiger partial charge in [0.25, 0.3) is 0 Å². The summed E-state index contributed by atoms with van der Waals surface area (Å²) in [6.45, 7) is 4.75. The number of hydrogen-bond acceptors (Lipinski definition) is 2. The van der Waals surface area contributed by atoms with E-state index in [1.807, 2.05) is 44.3 Å². The Labute approximate surface area is 107 Å². The number of halogens is 1. The van der Waals surface area contributed by atoms with E-state index >= 15 is 0 Å². The molecule has 0 atom stereocenters. The topological polar surface area (TPSA) is 24.9 Å². The van der Waals surface area contributed by atoms with Crippen molar-refractivity contribution in [3.05, 3.63) is 58.4 Å². The highest BCUT2D eigenvalue weighted by atomic mass is 35.5. The third kappa shape index (κ3) is 2.98. The van der Waals surface area contributed by atoms with E-state index in [9.17, 15) is 0 Å². The number of aromatic nitrogens is 1. The van der Waals surface area contributed by atoms with E-state index in [4.69, 9.17) is 11.6 Å². The zero-order valence-electron chi connectivity index (χ0n) is 10.00. The monoisotopic (exact) mass is 246 g/mol. The Bertz CT molecular complexity index is 506. The Morgan fingerprint density at radius 2 is 2.00 bits per heavy atom. The van der Waals surface area contributed by atoms with Gasteiger partial charge in [-0.2, -0.15) is 0 Å². The van der Waals surface area contributed by atoms with Crippen LogP contribution in [-0.2, 0) is 6.54 Å². The lowest BCUT2D eigenvalue weighted by Gasteiger charge is -2.10. The van der Waals surface area contributed by atoms with E-state index in [1.54, 1.807) is 0 Å². The van der Waals surface area contributed by atoms with Gasteiger partial charge in [-0.15, -0.1) is 0 Å². The number of nitrogens with one attached hydrogen (secondary N) is 1. The molecule has 0 radical (unpaired) electrons. The summed E-state index contributed by atoms with van der Waals surface area (Å²) < 4.78 is 0. The van der Waals surface area contributed by atoms with Gasteiger partial charge in [-0.25, -0.2) is 0 Å². The van der Waals surface area contributed by atoms with Crippen molar-refractivity contribution >= 4 is 17.3 Å². The summed E-state index contributed by atoms with van der Waals surface area (Å²) >= 11 is 6.06. The van der Waals surface area contributed by atoms with Crippen LogP contribution in [0, 0.1) is 13.8 Å². The average Bonchev–Trinajstić information content (AvgIpc) is 2.33. The Hall–Kier alpha value is -1.54. The molecule has 2 nitrogen and oxygen atoms in total. The number of hydrogen-bond donors (Lipinski definition) is 1. The summed E-state index contributed by atoms with van der Waals surface area (Å²) in [5, 5.41) is 4.13. The standard InChI is InChI=1S/C14H15ClN2/c1-10-6-7-12(16-8-10)9-17-14-5-3-4-13(15)11(14)2/h3-8,17H,9H2,1-2H3. The number of nitrogens with zero attached hydrogens (tertiary/aromatic N) is 1. The largest absolute Gasteiger partial charge is 0.379 e. The second kappa shape index (κ2) is 5.19. The summed E-state index contributed by atoms with van der Waals surface area (Å²) in [5.41, 5.74) is 4.32. The van der Waals surface area contributed by atoms with Crippen LogP contribution in [0.3, 0.4) is 0 Å². The molecule has 2 rings (SSSR count). The minimum atomic E-state index is 0.710. The van der Waals surface area contributed by atoms with Crippen LogP contribution in [-0.4, -0.2) is 4.98 Å². The Morgan fingerprint density at radius 1 is 1.18 bits per heavy atom. The summed E-state index contributed by atoms with van der Waals surface area (Å²) in [6, 6.07) is 9.96. The molecule has 1 aromatic heterocycles. The molecule has 0 saturated carbocycles. The van der Waals surface area contributed by atoms with Crippen LogP contribution in [0.4, 0.5) is 5.69 Å². The number of aryl methyl sites for hydroxylation is 1. The SMILES string of the molecule is Cc1ccc(CNc2cccc(Cl)c2C)nc1. The second-order valence-electron chi connectivity index (χ2n) is 4.09. The van der Waals surface area contributed by atoms with Crippen molar-refractivity contribution in [1.82, 2.24) is 4.98 Å². The molecule has 0 aliphatic carbocycles. The Morgan fingerprint density at radius 3 is 2.71 bits per heavy atom. The van der Waals surface area contributed by atoms with E-state index in [-0.39, 0.29) is 0 Å². The lowest BCUT2D eigenvalue weighted by molar-refractivity contribution is 1.03. The summed E-state index contributed by atoms with van der Waals surface area (Å²) in [6.07, 6.45) is 1.88. The minimum absolute atomic E-state index is 0.710. The van der Waals surface area contributed by atoms with Crippen molar-refractivity contribution in [2.75, 3.05) is 5.32 Å². The van der Waals surface area contributed by atoms with Gasteiger partial charge >= 0.3 is 0 Å². The zero-order valence-corrected chi connectivity index (χ0v) is 10.8. The maximum atomic E-state index is 6.06. The molecule has 2 aromatic rings. The van der Waals surface area contributed by atoms with E-state index in [1.165, 1.54) is 5.56 Å². The smallest absolute Gasteiger partial charge is 0.0594 e. The third-order valence-corrected chi connectivity index (χ3v) is 3.11. The molecule has 17 heavy (non-hydrogen) atoms. The van der Waals surface area contributed by atoms with Crippen molar-refractivity contribution in [2.24, 2.45) is 0 Å². The van der Waals surface area contributed by atoms with Gasteiger partial charge in [-0.3, -0.25) is 4.98 Å². The molecule has 0 saturated heterocycles. The van der Waals surface area contributed by atoms with E-state index < -0.39 is 0 Å². The van der Waals surface area contributed by atoms with Crippen molar-refractivity contribution in [3.63, 3.8) is 0 Å². The van der Waals surface area contributed by atoms with E-state index in [0.717, 1.165) is 22.0 Å². The molecule has 0 spiro atoms. The van der Waals surface area contributed by atoms with E-state index in [0.29, 0.717) is 6.54 Å². The highest BCUT2D eigenvalue weighted by Crippen LogP contribution is 2.23. The summed E-state index contributed by atoms with van der Waals surface area (Å²) in [5.74, 6) is 0. The molecular weight excluding hydrogens is 232 g/mol. The molecule has 88 valence electrons. The number of benzene rings is 1. The molecule has 0 aliphatic heterocycles. The predicted octanol–water partition coefficient (Wildman–Crippen LogP) is 3.96. The number of rotatable bonds is 3. The first-order valence-electron chi connectivity index (χ1n) is 5.57. The second-order valence-corrected chi connectivity index (χ2v) is 4.50. The zero-order chi connectivity index (χ0) is 12.3. The van der Waals surface area contributed by atoms with Gasteiger partial charge in [0.05, 0.1) is 12.2 Å². The van der Waals surface area contributed by atoms with Crippen molar-refractivity contribution in [1.29, 1.82) is 0 Å². The first kappa shape index (κ1) is 11.9. The fourth-order valence-corrected chi connectivity index (χ4v) is 1.76. The van der Waals surface area contributed by atoms with E-state index in [2.05, 4.69) is 16.4 Å². The number of pyridine rings is 1. The molecule has 3 heteroatoms. The fourth-order valence-electron chi connectivity index (χ4n) is 1.59. The highest BCUT2D eigenvalue weighted by molar-refractivity contribution is 6.31. The quantitative estimate of drug-likeness (QED) is 0.887. The summed E-state index contributed by atoms with van der Waals surface area (Å²) in [7, 11) is 0. The van der Waals surface area contributed by atoms with Crippen LogP contribution in [0.1, 0.15) is 16.8 Å². The fraction of sp³-hybridized carbons (Fsp3) is 0.214. The van der Waals surface area contributed by atoms with Crippen LogP contribution < -0.4 is 5.32 Å². The van der Waals surface area contributed by atoms with Crippen LogP contribution in [0.2, 0.25) is 5.02 Å². The molecule has 0 amide bonds. The van der Waals surface area contributed by atoms with Crippen molar-refractivity contribution in [3.8, 4) is 0 Å². The lowest BCUT2D eigenvalue weighted by atomic mass is 10.2. The predicted molar refractivity (Wildman–Crippen MR) is 72.5 cm³/mol. The van der Waals surface area contributed by atoms with Gasteiger partial charge in [0.2, 0.25) is 0 Å². The summed E-state index contributed by atoms with van der Waals surface area (Å²) in [4.78, 5) is 4.35. The molecule has 1 heterocycles. The maximum Gasteiger partial charge on any atom is 0.0594 e. The normalized spacial score (nSPS) is 10.3. The molecule has 0 unspecified atom stereocenters. The van der Waals surface area contributed by atoms with Crippen molar-refractivity contribution in [2.45, 2.75) is 20.4 Å². The van der Waals surface area contributed by atoms with Gasteiger partial charge in [0.1, 0.15) is 0 Å². The molecule has 0 bridgehead atoms. The van der Waals surface area contributed by atoms with Crippen LogP contribution >= 0.6 is 11.6 Å². The van der Waals surface area contributed by atoms with Gasteiger partial charge in [0.15, 0.2) is 0 Å². The Kier molecular flexibility index (Phi) is 3.64. The lowest BCUT2D eigenvalue weighted by Crippen LogP contribution is -2.02. The average molecular weight is 247 g/mol. The molecule has 0 fully saturated rings. The molecule has 0 aliphatic rings. The van der Waals surface area contributed by atoms with Crippen LogP contribution in [0.5, 0.6) is 0 Å². The van der Waals surface area contributed by atoms with Crippen molar-refractivity contribution < 1.29 is 0 Å². The Balaban J connectivity index is 2.07. The first-order chi connectivity index (χ1) is 8.16. The van der Waals surface area contributed by atoms with Gasteiger partial charge < -0.3 is 5.32 Å². The molecular formula is C14H15ClN2. The van der Waals surface area contributed by atoms with Gasteiger partial charge in [-0.1, -0.05) is 23.7 Å². The van der Waals surface area contributed by atoms with Crippen LogP contribution in [0.15, 0.2) is 36.5 Å². The third-order valence-electron chi connectivity index (χ3n) is 2.70. The highest BCUT2D eigenvalue weighted by Gasteiger charge is 2.01. The molecule has 1 aromatic carbocycles.